The lowest BCUT2D eigenvalue weighted by atomic mass is 9.67. The van der Waals surface area contributed by atoms with Crippen LogP contribution in [0, 0.1) is 0 Å². The fourth-order valence-corrected chi connectivity index (χ4v) is 3.34. The molecule has 3 rings (SSSR count). The number of hydrogen-bond donors (Lipinski definition) is 0. The number of carbonyl (C=O) groups is 1. The molecule has 0 saturated heterocycles. The van der Waals surface area contributed by atoms with Gasteiger partial charge in [0, 0.05) is 0 Å². The van der Waals surface area contributed by atoms with E-state index in [0.29, 0.717) is 13.2 Å². The van der Waals surface area contributed by atoms with E-state index in [9.17, 15) is 4.79 Å². The number of ketones is 1. The zero-order valence-electron chi connectivity index (χ0n) is 11.4. The molecule has 2 aliphatic rings. The molecule has 1 aromatic carbocycles. The molecular formula is C16H20O3. The molecule has 102 valence electrons. The molecule has 0 amide bonds. The van der Waals surface area contributed by atoms with Crippen LogP contribution in [-0.4, -0.2) is 19.0 Å². The number of Topliss-reactive ketones (excluding diaryl/α,β-unsaturated/α-hetero) is 1. The topological polar surface area (TPSA) is 35.5 Å². The molecule has 1 fully saturated rings. The van der Waals surface area contributed by atoms with Gasteiger partial charge in [-0.3, -0.25) is 4.79 Å². The predicted molar refractivity (Wildman–Crippen MR) is 72.9 cm³/mol. The second-order valence-corrected chi connectivity index (χ2v) is 5.56. The third-order valence-corrected chi connectivity index (χ3v) is 4.48. The average molecular weight is 260 g/mol. The number of carbonyl (C=O) groups excluding carboxylic acids is 1. The fraction of sp³-hybridized carbons (Fsp3) is 0.562. The normalized spacial score (nSPS) is 20.9. The molecule has 19 heavy (non-hydrogen) atoms. The molecule has 0 bridgehead atoms. The first-order valence-electron chi connectivity index (χ1n) is 7.13. The van der Waals surface area contributed by atoms with E-state index in [4.69, 9.17) is 9.47 Å². The summed E-state index contributed by atoms with van der Waals surface area (Å²) in [5.41, 5.74) is 0.803. The highest BCUT2D eigenvalue weighted by molar-refractivity contribution is 5.88. The molecule has 0 aromatic heterocycles. The average Bonchev–Trinajstić information content (AvgIpc) is 2.47. The van der Waals surface area contributed by atoms with Gasteiger partial charge in [0.15, 0.2) is 11.5 Å². The lowest BCUT2D eigenvalue weighted by molar-refractivity contribution is -0.123. The van der Waals surface area contributed by atoms with E-state index in [1.54, 1.807) is 6.92 Å². The van der Waals surface area contributed by atoms with Gasteiger partial charge >= 0.3 is 0 Å². The Balaban J connectivity index is 2.01. The van der Waals surface area contributed by atoms with Crippen molar-refractivity contribution in [1.82, 2.24) is 0 Å². The van der Waals surface area contributed by atoms with Crippen LogP contribution in [0.5, 0.6) is 11.5 Å². The molecule has 0 radical (unpaired) electrons. The monoisotopic (exact) mass is 260 g/mol. The molecule has 0 unspecified atom stereocenters. The zero-order valence-corrected chi connectivity index (χ0v) is 11.4. The van der Waals surface area contributed by atoms with E-state index in [1.807, 2.05) is 18.2 Å². The number of hydrogen-bond acceptors (Lipinski definition) is 3. The molecule has 1 aliphatic heterocycles. The second-order valence-electron chi connectivity index (χ2n) is 5.56. The third kappa shape index (κ3) is 2.11. The zero-order chi connectivity index (χ0) is 13.3. The van der Waals surface area contributed by atoms with Crippen LogP contribution in [0.2, 0.25) is 0 Å². The first-order chi connectivity index (χ1) is 9.22. The van der Waals surface area contributed by atoms with E-state index in [0.717, 1.165) is 42.7 Å². The Kier molecular flexibility index (Phi) is 3.21. The van der Waals surface area contributed by atoms with Crippen LogP contribution in [0.4, 0.5) is 0 Å². The summed E-state index contributed by atoms with van der Waals surface area (Å²) in [6.07, 6.45) is 5.42. The lowest BCUT2D eigenvalue weighted by Gasteiger charge is -2.36. The van der Waals surface area contributed by atoms with Crippen molar-refractivity contribution in [1.29, 1.82) is 0 Å². The highest BCUT2D eigenvalue weighted by Gasteiger charge is 2.39. The predicted octanol–water partition coefficient (Wildman–Crippen LogP) is 3.25. The van der Waals surface area contributed by atoms with E-state index in [-0.39, 0.29) is 11.2 Å². The molecule has 1 aromatic rings. The summed E-state index contributed by atoms with van der Waals surface area (Å²) in [6, 6.07) is 6.00. The van der Waals surface area contributed by atoms with Gasteiger partial charge in [-0.15, -0.1) is 0 Å². The fourth-order valence-electron chi connectivity index (χ4n) is 3.34. The molecule has 1 aliphatic carbocycles. The molecule has 1 saturated carbocycles. The summed E-state index contributed by atoms with van der Waals surface area (Å²) in [5.74, 6) is 1.86. The van der Waals surface area contributed by atoms with E-state index < -0.39 is 0 Å². The number of fused-ring (bicyclic) bond motifs is 1. The minimum Gasteiger partial charge on any atom is -0.486 e. The Hall–Kier alpha value is -1.51. The van der Waals surface area contributed by atoms with Crippen LogP contribution in [0.3, 0.4) is 0 Å². The third-order valence-electron chi connectivity index (χ3n) is 4.48. The second kappa shape index (κ2) is 4.87. The summed E-state index contributed by atoms with van der Waals surface area (Å²) in [6.45, 7) is 2.91. The molecule has 0 N–H and O–H groups in total. The van der Waals surface area contributed by atoms with Gasteiger partial charge in [-0.05, 0) is 37.5 Å². The highest BCUT2D eigenvalue weighted by Crippen LogP contribution is 2.43. The Bertz CT molecular complexity index is 487. The summed E-state index contributed by atoms with van der Waals surface area (Å²) >= 11 is 0. The maximum Gasteiger partial charge on any atom is 0.161 e. The van der Waals surface area contributed by atoms with Crippen LogP contribution in [0.25, 0.3) is 0 Å². The summed E-state index contributed by atoms with van der Waals surface area (Å²) < 4.78 is 11.2. The van der Waals surface area contributed by atoms with Crippen LogP contribution < -0.4 is 9.47 Å². The highest BCUT2D eigenvalue weighted by atomic mass is 16.6. The van der Waals surface area contributed by atoms with Crippen LogP contribution in [0.15, 0.2) is 18.2 Å². The smallest absolute Gasteiger partial charge is 0.161 e. The van der Waals surface area contributed by atoms with Gasteiger partial charge in [0.2, 0.25) is 0 Å². The van der Waals surface area contributed by atoms with Gasteiger partial charge in [-0.1, -0.05) is 25.3 Å². The summed E-state index contributed by atoms with van der Waals surface area (Å²) in [5, 5.41) is 0. The van der Waals surface area contributed by atoms with Crippen molar-refractivity contribution in [2.24, 2.45) is 0 Å². The Morgan fingerprint density at radius 2 is 1.74 bits per heavy atom. The van der Waals surface area contributed by atoms with Crippen LogP contribution in [0.1, 0.15) is 44.6 Å². The van der Waals surface area contributed by atoms with Crippen molar-refractivity contribution in [3.05, 3.63) is 23.8 Å². The SMILES string of the molecule is CC(=O)C1(c2ccc3c(c2)OCCO3)CCCCC1. The first-order valence-corrected chi connectivity index (χ1v) is 7.13. The van der Waals surface area contributed by atoms with Crippen molar-refractivity contribution in [3.8, 4) is 11.5 Å². The van der Waals surface area contributed by atoms with E-state index in [2.05, 4.69) is 0 Å². The molecule has 0 atom stereocenters. The van der Waals surface area contributed by atoms with Gasteiger partial charge in [-0.25, -0.2) is 0 Å². The number of ether oxygens (including phenoxy) is 2. The molecule has 3 nitrogen and oxygen atoms in total. The Morgan fingerprint density at radius 1 is 1.05 bits per heavy atom. The van der Waals surface area contributed by atoms with Gasteiger partial charge < -0.3 is 9.47 Å². The van der Waals surface area contributed by atoms with E-state index >= 15 is 0 Å². The molecule has 1 heterocycles. The molecule has 0 spiro atoms. The maximum absolute atomic E-state index is 12.2. The van der Waals surface area contributed by atoms with Crippen molar-refractivity contribution >= 4 is 5.78 Å². The van der Waals surface area contributed by atoms with Crippen LogP contribution >= 0.6 is 0 Å². The lowest BCUT2D eigenvalue weighted by Crippen LogP contribution is -2.36. The van der Waals surface area contributed by atoms with Gasteiger partial charge in [0.25, 0.3) is 0 Å². The van der Waals surface area contributed by atoms with E-state index in [1.165, 1.54) is 6.42 Å². The molecule has 3 heteroatoms. The first kappa shape index (κ1) is 12.5. The van der Waals surface area contributed by atoms with Crippen molar-refractivity contribution in [2.75, 3.05) is 13.2 Å². The van der Waals surface area contributed by atoms with Gasteiger partial charge in [-0.2, -0.15) is 0 Å². The van der Waals surface area contributed by atoms with Crippen LogP contribution in [-0.2, 0) is 10.2 Å². The largest absolute Gasteiger partial charge is 0.486 e. The summed E-state index contributed by atoms with van der Waals surface area (Å²) in [4.78, 5) is 12.2. The van der Waals surface area contributed by atoms with Crippen molar-refractivity contribution < 1.29 is 14.3 Å². The quantitative estimate of drug-likeness (QED) is 0.818. The molecular weight excluding hydrogens is 240 g/mol. The number of rotatable bonds is 2. The maximum atomic E-state index is 12.2. The minimum atomic E-state index is -0.298. The van der Waals surface area contributed by atoms with Gasteiger partial charge in [0.05, 0.1) is 5.41 Å². The van der Waals surface area contributed by atoms with Gasteiger partial charge in [0.1, 0.15) is 19.0 Å². The number of benzene rings is 1. The Labute approximate surface area is 113 Å². The van der Waals surface area contributed by atoms with Crippen molar-refractivity contribution in [3.63, 3.8) is 0 Å². The van der Waals surface area contributed by atoms with Crippen molar-refractivity contribution in [2.45, 2.75) is 44.4 Å². The summed E-state index contributed by atoms with van der Waals surface area (Å²) in [7, 11) is 0. The standard InChI is InChI=1S/C16H20O3/c1-12(17)16(7-3-2-4-8-16)13-5-6-14-15(11-13)19-10-9-18-14/h5-6,11H,2-4,7-10H2,1H3. The Morgan fingerprint density at radius 3 is 2.42 bits per heavy atom. The minimum absolute atomic E-state index is 0.281.